The first-order chi connectivity index (χ1) is 12.2. The number of aromatic nitrogens is 2. The minimum atomic E-state index is -0.282. The molecule has 0 fully saturated rings. The zero-order valence-electron chi connectivity index (χ0n) is 13.9. The predicted molar refractivity (Wildman–Crippen MR) is 101 cm³/mol. The smallest absolute Gasteiger partial charge is 0.270 e. The molecular formula is C18H18N4O2S. The number of carbonyl (C=O) groups excluding carboxylic acids is 1. The van der Waals surface area contributed by atoms with Gasteiger partial charge in [-0.05, 0) is 37.4 Å². The van der Waals surface area contributed by atoms with Crippen molar-refractivity contribution in [1.82, 2.24) is 15.0 Å². The number of hydrogen-bond donors (Lipinski definition) is 2. The quantitative estimate of drug-likeness (QED) is 0.544. The van der Waals surface area contributed by atoms with Crippen molar-refractivity contribution in [1.29, 1.82) is 0 Å². The molecular weight excluding hydrogens is 336 g/mol. The fourth-order valence-electron chi connectivity index (χ4n) is 2.57. The fourth-order valence-corrected chi connectivity index (χ4v) is 3.16. The highest BCUT2D eigenvalue weighted by Gasteiger charge is 2.13. The zero-order valence-corrected chi connectivity index (χ0v) is 14.8. The molecule has 0 bridgehead atoms. The Kier molecular flexibility index (Phi) is 5.04. The summed E-state index contributed by atoms with van der Waals surface area (Å²) in [4.78, 5) is 30.3. The van der Waals surface area contributed by atoms with Gasteiger partial charge in [0.15, 0.2) is 0 Å². The average Bonchev–Trinajstić information content (AvgIpc) is 2.66. The average molecular weight is 354 g/mol. The van der Waals surface area contributed by atoms with Crippen LogP contribution < -0.4 is 16.4 Å². The highest BCUT2D eigenvalue weighted by atomic mass is 32.2. The van der Waals surface area contributed by atoms with E-state index in [9.17, 15) is 9.59 Å². The van der Waals surface area contributed by atoms with E-state index in [-0.39, 0.29) is 11.5 Å². The second kappa shape index (κ2) is 7.40. The molecule has 3 aromatic rings. The summed E-state index contributed by atoms with van der Waals surface area (Å²) >= 11 is 1.50. The number of para-hydroxylation sites is 1. The predicted octanol–water partition coefficient (Wildman–Crippen LogP) is 2.90. The van der Waals surface area contributed by atoms with Gasteiger partial charge >= 0.3 is 0 Å². The largest absolute Gasteiger partial charge is 0.277 e. The van der Waals surface area contributed by atoms with Crippen molar-refractivity contribution in [3.63, 3.8) is 0 Å². The van der Waals surface area contributed by atoms with Crippen molar-refractivity contribution in [2.24, 2.45) is 0 Å². The molecule has 0 aliphatic heterocycles. The van der Waals surface area contributed by atoms with Gasteiger partial charge in [0, 0.05) is 11.4 Å². The van der Waals surface area contributed by atoms with Crippen molar-refractivity contribution < 1.29 is 4.79 Å². The van der Waals surface area contributed by atoms with Gasteiger partial charge in [-0.2, -0.15) is 0 Å². The Labute approximate surface area is 149 Å². The van der Waals surface area contributed by atoms with Crippen LogP contribution >= 0.6 is 11.8 Å². The van der Waals surface area contributed by atoms with E-state index in [4.69, 9.17) is 0 Å². The van der Waals surface area contributed by atoms with E-state index in [1.54, 1.807) is 24.3 Å². The second-order valence-corrected chi connectivity index (χ2v) is 6.13. The number of nitrogens with one attached hydrogen (secondary N) is 2. The number of nitrogens with zero attached hydrogens (tertiary/aromatic N) is 2. The lowest BCUT2D eigenvalue weighted by molar-refractivity contribution is 0.0959. The SMILES string of the molecule is CCn1c(NNC(=O)c2ccccc2SC)nc2ccccc2c1=O. The van der Waals surface area contributed by atoms with Crippen molar-refractivity contribution in [2.45, 2.75) is 18.4 Å². The Balaban J connectivity index is 1.90. The van der Waals surface area contributed by atoms with Crippen LogP contribution in [0.25, 0.3) is 10.9 Å². The molecule has 0 unspecified atom stereocenters. The minimum absolute atomic E-state index is 0.144. The van der Waals surface area contributed by atoms with Crippen LogP contribution in [0.4, 0.5) is 5.95 Å². The molecule has 0 radical (unpaired) electrons. The zero-order chi connectivity index (χ0) is 17.8. The number of benzene rings is 2. The van der Waals surface area contributed by atoms with Crippen molar-refractivity contribution in [3.8, 4) is 0 Å². The Morgan fingerprint density at radius 2 is 1.88 bits per heavy atom. The van der Waals surface area contributed by atoms with Crippen LogP contribution in [0.1, 0.15) is 17.3 Å². The van der Waals surface area contributed by atoms with E-state index in [0.717, 1.165) is 4.90 Å². The summed E-state index contributed by atoms with van der Waals surface area (Å²) in [5.74, 6) is 0.0243. The number of thioether (sulfide) groups is 1. The normalized spacial score (nSPS) is 10.6. The Morgan fingerprint density at radius 1 is 1.16 bits per heavy atom. The molecule has 128 valence electrons. The van der Waals surface area contributed by atoms with Crippen LogP contribution in [0.5, 0.6) is 0 Å². The molecule has 25 heavy (non-hydrogen) atoms. The van der Waals surface area contributed by atoms with Gasteiger partial charge in [0.1, 0.15) is 0 Å². The number of rotatable bonds is 5. The molecule has 2 N–H and O–H groups in total. The van der Waals surface area contributed by atoms with E-state index < -0.39 is 0 Å². The van der Waals surface area contributed by atoms with E-state index in [1.807, 2.05) is 37.4 Å². The van der Waals surface area contributed by atoms with Crippen LogP contribution in [0.3, 0.4) is 0 Å². The molecule has 0 saturated carbocycles. The first-order valence-corrected chi connectivity index (χ1v) is 9.07. The third kappa shape index (κ3) is 3.36. The topological polar surface area (TPSA) is 76.0 Å². The second-order valence-electron chi connectivity index (χ2n) is 5.28. The maximum atomic E-state index is 12.6. The van der Waals surface area contributed by atoms with Gasteiger partial charge in [-0.1, -0.05) is 24.3 Å². The summed E-state index contributed by atoms with van der Waals surface area (Å²) in [6, 6.07) is 14.5. The molecule has 0 aliphatic carbocycles. The number of anilines is 1. The first kappa shape index (κ1) is 17.0. The number of hydrogen-bond acceptors (Lipinski definition) is 5. The van der Waals surface area contributed by atoms with Gasteiger partial charge in [-0.25, -0.2) is 4.98 Å². The Hall–Kier alpha value is -2.80. The maximum absolute atomic E-state index is 12.6. The number of amides is 1. The van der Waals surface area contributed by atoms with Gasteiger partial charge in [0.05, 0.1) is 16.5 Å². The molecule has 0 spiro atoms. The molecule has 2 aromatic carbocycles. The van der Waals surface area contributed by atoms with Crippen molar-refractivity contribution >= 4 is 34.5 Å². The van der Waals surface area contributed by atoms with Gasteiger partial charge in [0.25, 0.3) is 11.5 Å². The Morgan fingerprint density at radius 3 is 2.64 bits per heavy atom. The molecule has 3 rings (SSSR count). The lowest BCUT2D eigenvalue weighted by Gasteiger charge is -2.14. The molecule has 0 aliphatic rings. The van der Waals surface area contributed by atoms with Crippen molar-refractivity contribution in [2.75, 3.05) is 11.7 Å². The first-order valence-electron chi connectivity index (χ1n) is 7.84. The molecule has 0 atom stereocenters. The molecule has 1 amide bonds. The lowest BCUT2D eigenvalue weighted by Crippen LogP contribution is -2.34. The van der Waals surface area contributed by atoms with E-state index in [1.165, 1.54) is 16.3 Å². The molecule has 1 heterocycles. The summed E-state index contributed by atoms with van der Waals surface area (Å²) in [6.07, 6.45) is 1.92. The van der Waals surface area contributed by atoms with E-state index in [0.29, 0.717) is 29.0 Å². The molecule has 6 nitrogen and oxygen atoms in total. The standard InChI is InChI=1S/C18H18N4O2S/c1-3-22-17(24)12-8-4-6-10-14(12)19-18(22)21-20-16(23)13-9-5-7-11-15(13)25-2/h4-11H,3H2,1-2H3,(H,19,21)(H,20,23). The number of carbonyl (C=O) groups is 1. The summed E-state index contributed by atoms with van der Waals surface area (Å²) < 4.78 is 1.49. The highest BCUT2D eigenvalue weighted by molar-refractivity contribution is 7.98. The van der Waals surface area contributed by atoms with Gasteiger partial charge in [-0.15, -0.1) is 11.8 Å². The monoisotopic (exact) mass is 354 g/mol. The maximum Gasteiger partial charge on any atom is 0.270 e. The van der Waals surface area contributed by atoms with E-state index >= 15 is 0 Å². The van der Waals surface area contributed by atoms with Gasteiger partial charge in [-0.3, -0.25) is 25.0 Å². The van der Waals surface area contributed by atoms with Gasteiger partial charge < -0.3 is 0 Å². The summed E-state index contributed by atoms with van der Waals surface area (Å²) in [7, 11) is 0. The fraction of sp³-hybridized carbons (Fsp3) is 0.167. The molecule has 7 heteroatoms. The third-order valence-corrected chi connectivity index (χ3v) is 4.61. The summed E-state index contributed by atoms with van der Waals surface area (Å²) in [5.41, 5.74) is 6.42. The van der Waals surface area contributed by atoms with E-state index in [2.05, 4.69) is 15.8 Å². The highest BCUT2D eigenvalue weighted by Crippen LogP contribution is 2.19. The van der Waals surface area contributed by atoms with Crippen LogP contribution in [0.2, 0.25) is 0 Å². The molecule has 0 saturated heterocycles. The Bertz CT molecular complexity index is 984. The van der Waals surface area contributed by atoms with Crippen LogP contribution in [0, 0.1) is 0 Å². The number of hydrazine groups is 1. The minimum Gasteiger partial charge on any atom is -0.277 e. The summed E-state index contributed by atoms with van der Waals surface area (Å²) in [5, 5.41) is 0.550. The summed E-state index contributed by atoms with van der Waals surface area (Å²) in [6.45, 7) is 2.30. The van der Waals surface area contributed by atoms with Crippen LogP contribution in [-0.4, -0.2) is 21.7 Å². The van der Waals surface area contributed by atoms with Gasteiger partial charge in [0.2, 0.25) is 5.95 Å². The van der Waals surface area contributed by atoms with Crippen LogP contribution in [-0.2, 0) is 6.54 Å². The lowest BCUT2D eigenvalue weighted by atomic mass is 10.2. The van der Waals surface area contributed by atoms with Crippen LogP contribution in [0.15, 0.2) is 58.2 Å². The third-order valence-electron chi connectivity index (χ3n) is 3.82. The molecule has 1 aromatic heterocycles. The number of fused-ring (bicyclic) bond motifs is 1. The van der Waals surface area contributed by atoms with Crippen molar-refractivity contribution in [3.05, 3.63) is 64.4 Å².